The average molecular weight is 372 g/mol. The van der Waals surface area contributed by atoms with Crippen molar-refractivity contribution in [2.75, 3.05) is 18.1 Å². The Hall–Kier alpha value is -3.76. The zero-order valence-electron chi connectivity index (χ0n) is 14.6. The molecule has 0 amide bonds. The van der Waals surface area contributed by atoms with Gasteiger partial charge in [0.2, 0.25) is 5.71 Å². The number of anilines is 2. The van der Waals surface area contributed by atoms with E-state index in [4.69, 9.17) is 25.4 Å². The summed E-state index contributed by atoms with van der Waals surface area (Å²) in [5.41, 5.74) is 11.7. The van der Waals surface area contributed by atoms with E-state index >= 15 is 0 Å². The highest BCUT2D eigenvalue weighted by Crippen LogP contribution is 2.29. The van der Waals surface area contributed by atoms with Crippen LogP contribution in [-0.4, -0.2) is 38.5 Å². The topological polar surface area (TPSA) is 169 Å². The van der Waals surface area contributed by atoms with Crippen molar-refractivity contribution in [3.63, 3.8) is 0 Å². The maximum absolute atomic E-state index is 12.1. The van der Waals surface area contributed by atoms with Crippen LogP contribution in [0.5, 0.6) is 0 Å². The van der Waals surface area contributed by atoms with Crippen molar-refractivity contribution in [1.29, 1.82) is 0 Å². The minimum atomic E-state index is -0.786. The van der Waals surface area contributed by atoms with Gasteiger partial charge in [-0.05, 0) is 13.8 Å². The van der Waals surface area contributed by atoms with E-state index in [-0.39, 0.29) is 53.0 Å². The maximum Gasteiger partial charge on any atom is 0.361 e. The molecule has 0 aromatic carbocycles. The summed E-state index contributed by atoms with van der Waals surface area (Å²) in [4.78, 5) is 39.9. The van der Waals surface area contributed by atoms with Crippen molar-refractivity contribution >= 4 is 34.7 Å². The lowest BCUT2D eigenvalue weighted by atomic mass is 10.2. The van der Waals surface area contributed by atoms with Crippen LogP contribution in [0, 0.1) is 6.92 Å². The number of esters is 2. The Morgan fingerprint density at radius 1 is 1.07 bits per heavy atom. The average Bonchev–Trinajstić information content (AvgIpc) is 2.96. The molecule has 0 aliphatic rings. The van der Waals surface area contributed by atoms with Gasteiger partial charge in [0.25, 0.3) is 0 Å². The van der Waals surface area contributed by atoms with Crippen molar-refractivity contribution in [1.82, 2.24) is 19.9 Å². The summed E-state index contributed by atoms with van der Waals surface area (Å²) in [5.74, 6) is -1.04. The van der Waals surface area contributed by atoms with E-state index < -0.39 is 11.9 Å². The maximum atomic E-state index is 12.1. The molecule has 3 rings (SSSR count). The third-order valence-electron chi connectivity index (χ3n) is 3.53. The molecular weight excluding hydrogens is 356 g/mol. The van der Waals surface area contributed by atoms with E-state index in [1.807, 2.05) is 0 Å². The van der Waals surface area contributed by atoms with Crippen molar-refractivity contribution < 1.29 is 23.5 Å². The number of aromatic nitrogens is 4. The predicted molar refractivity (Wildman–Crippen MR) is 92.5 cm³/mol. The van der Waals surface area contributed by atoms with Crippen LogP contribution in [0.3, 0.4) is 0 Å². The molecule has 0 bridgehead atoms. The van der Waals surface area contributed by atoms with Crippen LogP contribution in [0.15, 0.2) is 16.8 Å². The second-order valence-electron chi connectivity index (χ2n) is 5.33. The molecule has 0 atom stereocenters. The molecule has 11 heteroatoms. The third-order valence-corrected chi connectivity index (χ3v) is 3.53. The molecule has 3 aromatic rings. The van der Waals surface area contributed by atoms with E-state index in [2.05, 4.69) is 19.9 Å². The molecular formula is C16H16N6O5. The number of rotatable bonds is 5. The molecule has 0 unspecified atom stereocenters. The highest BCUT2D eigenvalue weighted by atomic mass is 16.5. The van der Waals surface area contributed by atoms with Gasteiger partial charge in [-0.25, -0.2) is 24.5 Å². The number of hydrogen-bond donors (Lipinski definition) is 2. The van der Waals surface area contributed by atoms with Gasteiger partial charge in [0.15, 0.2) is 23.9 Å². The molecule has 0 aliphatic heterocycles. The van der Waals surface area contributed by atoms with Crippen LogP contribution >= 0.6 is 0 Å². The number of ether oxygens (including phenoxy) is 2. The van der Waals surface area contributed by atoms with Crippen molar-refractivity contribution in [2.45, 2.75) is 20.5 Å². The highest BCUT2D eigenvalue weighted by Gasteiger charge is 2.24. The van der Waals surface area contributed by atoms with E-state index in [9.17, 15) is 9.59 Å². The van der Waals surface area contributed by atoms with Gasteiger partial charge in [-0.15, -0.1) is 0 Å². The van der Waals surface area contributed by atoms with Crippen LogP contribution in [0.1, 0.15) is 39.4 Å². The normalized spacial score (nSPS) is 10.7. The quantitative estimate of drug-likeness (QED) is 0.613. The summed E-state index contributed by atoms with van der Waals surface area (Å²) in [6, 6.07) is 0. The number of hydrogen-bond acceptors (Lipinski definition) is 11. The fraction of sp³-hybridized carbons (Fsp3) is 0.250. The number of nitrogens with two attached hydrogens (primary N) is 2. The Morgan fingerprint density at radius 2 is 1.81 bits per heavy atom. The Bertz CT molecular complexity index is 1030. The molecule has 11 nitrogen and oxygen atoms in total. The molecule has 0 spiro atoms. The Balaban J connectivity index is 1.86. The number of nitrogens with zero attached hydrogens (tertiary/aromatic N) is 4. The predicted octanol–water partition coefficient (Wildman–Crippen LogP) is 1.02. The number of aryl methyl sites for hydroxylation is 1. The number of fused-ring (bicyclic) bond motifs is 1. The molecule has 140 valence electrons. The minimum Gasteiger partial charge on any atom is -0.462 e. The van der Waals surface area contributed by atoms with E-state index in [1.165, 1.54) is 12.4 Å². The number of carbonyl (C=O) groups excluding carboxylic acids is 2. The second kappa shape index (κ2) is 7.23. The molecule has 3 aromatic heterocycles. The van der Waals surface area contributed by atoms with Crippen molar-refractivity contribution in [3.8, 4) is 0 Å². The summed E-state index contributed by atoms with van der Waals surface area (Å²) < 4.78 is 15.6. The Morgan fingerprint density at radius 3 is 2.52 bits per heavy atom. The first kappa shape index (κ1) is 18.0. The van der Waals surface area contributed by atoms with Crippen molar-refractivity contribution in [3.05, 3.63) is 35.2 Å². The van der Waals surface area contributed by atoms with Gasteiger partial charge in [0.1, 0.15) is 17.1 Å². The van der Waals surface area contributed by atoms with Gasteiger partial charge < -0.3 is 25.4 Å². The largest absolute Gasteiger partial charge is 0.462 e. The number of nitrogen functional groups attached to an aromatic ring is 2. The third kappa shape index (κ3) is 3.47. The summed E-state index contributed by atoms with van der Waals surface area (Å²) >= 11 is 0. The molecule has 0 saturated heterocycles. The molecule has 3 heterocycles. The van der Waals surface area contributed by atoms with Gasteiger partial charge in [-0.1, -0.05) is 0 Å². The van der Waals surface area contributed by atoms with Gasteiger partial charge in [-0.3, -0.25) is 0 Å². The fourth-order valence-electron chi connectivity index (χ4n) is 2.40. The fourth-order valence-corrected chi connectivity index (χ4v) is 2.40. The lowest BCUT2D eigenvalue weighted by Gasteiger charge is -2.06. The second-order valence-corrected chi connectivity index (χ2v) is 5.33. The first-order valence-corrected chi connectivity index (χ1v) is 7.88. The summed E-state index contributed by atoms with van der Waals surface area (Å²) in [6.45, 7) is 3.17. The van der Waals surface area contributed by atoms with Gasteiger partial charge >= 0.3 is 11.9 Å². The molecule has 4 N–H and O–H groups in total. The lowest BCUT2D eigenvalue weighted by molar-refractivity contribution is 0.0455. The lowest BCUT2D eigenvalue weighted by Crippen LogP contribution is -2.13. The van der Waals surface area contributed by atoms with E-state index in [0.29, 0.717) is 5.76 Å². The minimum absolute atomic E-state index is 0.00460. The number of carbonyl (C=O) groups is 2. The standard InChI is InChI=1S/C16H16N6O5/c1-3-25-15(23)9-7(2)27-14-10(9)12(17)21-8(22-14)6-26-16(24)11-13(18)20-5-4-19-11/h4-5H,3,6H2,1-2H3,(H2,18,20)(H2,17,21,22). The molecule has 0 fully saturated rings. The van der Waals surface area contributed by atoms with Crippen LogP contribution in [0.4, 0.5) is 11.6 Å². The van der Waals surface area contributed by atoms with Crippen molar-refractivity contribution in [2.24, 2.45) is 0 Å². The number of furan rings is 1. The van der Waals surface area contributed by atoms with Crippen LogP contribution in [0.2, 0.25) is 0 Å². The van der Waals surface area contributed by atoms with Gasteiger partial charge in [0.05, 0.1) is 12.0 Å². The first-order chi connectivity index (χ1) is 12.9. The zero-order chi connectivity index (χ0) is 19.6. The monoisotopic (exact) mass is 372 g/mol. The molecule has 0 saturated carbocycles. The van der Waals surface area contributed by atoms with E-state index in [1.54, 1.807) is 13.8 Å². The molecule has 27 heavy (non-hydrogen) atoms. The summed E-state index contributed by atoms with van der Waals surface area (Å²) in [6.07, 6.45) is 2.67. The van der Waals surface area contributed by atoms with Crippen LogP contribution in [-0.2, 0) is 16.1 Å². The molecule has 0 radical (unpaired) electrons. The summed E-state index contributed by atoms with van der Waals surface area (Å²) in [7, 11) is 0. The van der Waals surface area contributed by atoms with Crippen LogP contribution < -0.4 is 11.5 Å². The molecule has 0 aliphatic carbocycles. The van der Waals surface area contributed by atoms with Gasteiger partial charge in [0, 0.05) is 12.4 Å². The Labute approximate surface area is 152 Å². The SMILES string of the molecule is CCOC(=O)c1c(C)oc2nc(COC(=O)c3nccnc3N)nc(N)c12. The Kier molecular flexibility index (Phi) is 4.83. The summed E-state index contributed by atoms with van der Waals surface area (Å²) in [5, 5.41) is 0.249. The van der Waals surface area contributed by atoms with Crippen LogP contribution in [0.25, 0.3) is 11.1 Å². The van der Waals surface area contributed by atoms with Gasteiger partial charge in [-0.2, -0.15) is 4.98 Å². The smallest absolute Gasteiger partial charge is 0.361 e. The first-order valence-electron chi connectivity index (χ1n) is 7.88. The van der Waals surface area contributed by atoms with E-state index in [0.717, 1.165) is 0 Å². The highest BCUT2D eigenvalue weighted by molar-refractivity contribution is 6.07. The zero-order valence-corrected chi connectivity index (χ0v) is 14.6.